The van der Waals surface area contributed by atoms with Crippen LogP contribution in [0, 0.1) is 6.92 Å². The summed E-state index contributed by atoms with van der Waals surface area (Å²) in [6.45, 7) is 5.04. The number of rotatable bonds is 1. The van der Waals surface area contributed by atoms with Crippen molar-refractivity contribution in [3.05, 3.63) is 44.4 Å². The summed E-state index contributed by atoms with van der Waals surface area (Å²) in [5.74, 6) is 0. The minimum atomic E-state index is -0.250. The summed E-state index contributed by atoms with van der Waals surface area (Å²) < 4.78 is 9.17. The van der Waals surface area contributed by atoms with E-state index in [0.29, 0.717) is 6.04 Å². The highest BCUT2D eigenvalue weighted by Crippen LogP contribution is 2.50. The molecule has 1 N–H and O–H groups in total. The van der Waals surface area contributed by atoms with Crippen LogP contribution in [0.1, 0.15) is 47.5 Å². The molecule has 7 heteroatoms. The van der Waals surface area contributed by atoms with E-state index in [4.69, 9.17) is 16.3 Å². The Hall–Kier alpha value is -1.47. The summed E-state index contributed by atoms with van der Waals surface area (Å²) in [7, 11) is 1.94. The Balaban J connectivity index is 1.56. The molecule has 0 aliphatic carbocycles. The molecule has 3 atom stereocenters. The molecule has 5 heterocycles. The van der Waals surface area contributed by atoms with Crippen LogP contribution < -0.4 is 5.32 Å². The second-order valence-electron chi connectivity index (χ2n) is 7.88. The van der Waals surface area contributed by atoms with Crippen molar-refractivity contribution in [2.24, 2.45) is 7.05 Å². The molecule has 1 saturated heterocycles. The van der Waals surface area contributed by atoms with Gasteiger partial charge in [-0.1, -0.05) is 11.6 Å². The fraction of sp³-hybridized carbons (Fsp3) is 0.500. The number of aromatic nitrogens is 3. The number of thiophene rings is 1. The zero-order chi connectivity index (χ0) is 18.8. The number of ether oxygens (including phenoxy) is 1. The molecule has 0 unspecified atom stereocenters. The highest BCUT2D eigenvalue weighted by molar-refractivity contribution is 7.16. The van der Waals surface area contributed by atoms with Crippen LogP contribution in [0.15, 0.2) is 18.3 Å². The standard InChI is InChI=1S/C20H23ClN4OS/c1-11-8-20(18-13(4-5-26-20)7-17(21)27-18)9-16(23-11)14-6-15-12(2)24-25(3)19(15)22-10-14/h6-7,10-11,16,23H,4-5,8-9H2,1-3H3/t11-,16-,20-/m0/s1. The second kappa shape index (κ2) is 6.27. The molecule has 142 valence electrons. The summed E-state index contributed by atoms with van der Waals surface area (Å²) in [6.07, 6.45) is 4.80. The maximum Gasteiger partial charge on any atom is 0.157 e. The SMILES string of the molecule is Cc1nn(C)c2ncc([C@@H]3C[C@]4(C[C@H](C)N3)OCCc3cc(Cl)sc34)cc12. The van der Waals surface area contributed by atoms with Crippen molar-refractivity contribution < 1.29 is 4.74 Å². The Kier molecular flexibility index (Phi) is 4.09. The van der Waals surface area contributed by atoms with Gasteiger partial charge in [0.2, 0.25) is 0 Å². The van der Waals surface area contributed by atoms with Crippen LogP contribution in [-0.4, -0.2) is 27.4 Å². The highest BCUT2D eigenvalue weighted by Gasteiger charge is 2.46. The molecule has 3 aromatic heterocycles. The molecular weight excluding hydrogens is 380 g/mol. The van der Waals surface area contributed by atoms with Crippen molar-refractivity contribution in [3.63, 3.8) is 0 Å². The van der Waals surface area contributed by atoms with Crippen molar-refractivity contribution in [2.45, 2.75) is 50.8 Å². The smallest absolute Gasteiger partial charge is 0.157 e. The number of nitrogens with one attached hydrogen (secondary N) is 1. The van der Waals surface area contributed by atoms with Crippen LogP contribution in [0.2, 0.25) is 4.34 Å². The van der Waals surface area contributed by atoms with E-state index in [1.807, 2.05) is 24.9 Å². The molecule has 0 aromatic carbocycles. The van der Waals surface area contributed by atoms with E-state index in [1.54, 1.807) is 11.3 Å². The third-order valence-electron chi connectivity index (χ3n) is 5.88. The van der Waals surface area contributed by atoms with Gasteiger partial charge < -0.3 is 10.1 Å². The number of nitrogens with zero attached hydrogens (tertiary/aromatic N) is 3. The number of hydrogen-bond acceptors (Lipinski definition) is 5. The normalized spacial score (nSPS) is 28.0. The molecule has 1 spiro atoms. The van der Waals surface area contributed by atoms with Crippen LogP contribution in [0.25, 0.3) is 11.0 Å². The molecule has 2 aliphatic rings. The lowest BCUT2D eigenvalue weighted by atomic mass is 9.78. The summed E-state index contributed by atoms with van der Waals surface area (Å²) in [6, 6.07) is 4.90. The molecule has 27 heavy (non-hydrogen) atoms. The Morgan fingerprint density at radius 2 is 2.22 bits per heavy atom. The number of fused-ring (bicyclic) bond motifs is 3. The number of hydrogen-bond donors (Lipinski definition) is 1. The maximum atomic E-state index is 6.46. The van der Waals surface area contributed by atoms with E-state index in [1.165, 1.54) is 16.0 Å². The van der Waals surface area contributed by atoms with Gasteiger partial charge in [0.15, 0.2) is 5.65 Å². The third kappa shape index (κ3) is 2.81. The first kappa shape index (κ1) is 17.6. The van der Waals surface area contributed by atoms with Gasteiger partial charge in [0.05, 0.1) is 16.6 Å². The van der Waals surface area contributed by atoms with E-state index in [-0.39, 0.29) is 11.6 Å². The average molecular weight is 403 g/mol. The third-order valence-corrected chi connectivity index (χ3v) is 7.38. The fourth-order valence-electron chi connectivity index (χ4n) is 4.79. The van der Waals surface area contributed by atoms with Crippen molar-refractivity contribution in [1.29, 1.82) is 0 Å². The lowest BCUT2D eigenvalue weighted by Gasteiger charge is -2.46. The highest BCUT2D eigenvalue weighted by atomic mass is 35.5. The summed E-state index contributed by atoms with van der Waals surface area (Å²) in [5, 5.41) is 9.38. The number of pyridine rings is 1. The maximum absolute atomic E-state index is 6.46. The molecule has 0 saturated carbocycles. The van der Waals surface area contributed by atoms with E-state index in [2.05, 4.69) is 34.5 Å². The first-order valence-corrected chi connectivity index (χ1v) is 10.6. The van der Waals surface area contributed by atoms with Gasteiger partial charge in [0, 0.05) is 42.0 Å². The first-order valence-electron chi connectivity index (χ1n) is 9.43. The zero-order valence-electron chi connectivity index (χ0n) is 15.8. The second-order valence-corrected chi connectivity index (χ2v) is 9.56. The summed E-state index contributed by atoms with van der Waals surface area (Å²) in [5.41, 5.74) is 4.25. The molecule has 5 rings (SSSR count). The average Bonchev–Trinajstić information content (AvgIpc) is 3.15. The topological polar surface area (TPSA) is 52.0 Å². The van der Waals surface area contributed by atoms with Crippen molar-refractivity contribution >= 4 is 34.0 Å². The number of halogens is 1. The molecule has 2 aliphatic heterocycles. The Bertz CT molecular complexity index is 1030. The lowest BCUT2D eigenvalue weighted by Crippen LogP contribution is -2.49. The first-order chi connectivity index (χ1) is 12.9. The van der Waals surface area contributed by atoms with Crippen LogP contribution >= 0.6 is 22.9 Å². The lowest BCUT2D eigenvalue weighted by molar-refractivity contribution is -0.0954. The zero-order valence-corrected chi connectivity index (χ0v) is 17.3. The number of aryl methyl sites for hydroxylation is 2. The summed E-state index contributed by atoms with van der Waals surface area (Å²) in [4.78, 5) is 6.01. The fourth-order valence-corrected chi connectivity index (χ4v) is 6.25. The molecule has 0 amide bonds. The predicted molar refractivity (Wildman–Crippen MR) is 108 cm³/mol. The molecule has 0 radical (unpaired) electrons. The Morgan fingerprint density at radius 1 is 1.37 bits per heavy atom. The number of piperidine rings is 1. The van der Waals surface area contributed by atoms with Crippen LogP contribution in [0.3, 0.4) is 0 Å². The van der Waals surface area contributed by atoms with Gasteiger partial charge >= 0.3 is 0 Å². The Labute approximate surface area is 167 Å². The molecule has 1 fully saturated rings. The molecular formula is C20H23ClN4OS. The van der Waals surface area contributed by atoms with E-state index >= 15 is 0 Å². The van der Waals surface area contributed by atoms with Gasteiger partial charge in [-0.3, -0.25) is 4.68 Å². The van der Waals surface area contributed by atoms with Gasteiger partial charge in [-0.15, -0.1) is 11.3 Å². The van der Waals surface area contributed by atoms with Gasteiger partial charge in [0.25, 0.3) is 0 Å². The van der Waals surface area contributed by atoms with Crippen molar-refractivity contribution in [3.8, 4) is 0 Å². The minimum absolute atomic E-state index is 0.192. The quantitative estimate of drug-likeness (QED) is 0.660. The summed E-state index contributed by atoms with van der Waals surface area (Å²) >= 11 is 8.04. The molecule has 3 aromatic rings. The largest absolute Gasteiger partial charge is 0.369 e. The van der Waals surface area contributed by atoms with E-state index < -0.39 is 0 Å². The van der Waals surface area contributed by atoms with Crippen LogP contribution in [0.4, 0.5) is 0 Å². The molecule has 0 bridgehead atoms. The Morgan fingerprint density at radius 3 is 3.07 bits per heavy atom. The van der Waals surface area contributed by atoms with Gasteiger partial charge in [0.1, 0.15) is 5.60 Å². The minimum Gasteiger partial charge on any atom is -0.369 e. The van der Waals surface area contributed by atoms with Crippen LogP contribution in [-0.2, 0) is 23.8 Å². The van der Waals surface area contributed by atoms with Gasteiger partial charge in [-0.25, -0.2) is 4.98 Å². The van der Waals surface area contributed by atoms with Crippen molar-refractivity contribution in [1.82, 2.24) is 20.1 Å². The predicted octanol–water partition coefficient (Wildman–Crippen LogP) is 4.27. The van der Waals surface area contributed by atoms with Gasteiger partial charge in [-0.2, -0.15) is 5.10 Å². The monoisotopic (exact) mass is 402 g/mol. The van der Waals surface area contributed by atoms with E-state index in [9.17, 15) is 0 Å². The van der Waals surface area contributed by atoms with Crippen LogP contribution in [0.5, 0.6) is 0 Å². The molecule has 5 nitrogen and oxygen atoms in total. The van der Waals surface area contributed by atoms with E-state index in [0.717, 1.165) is 46.9 Å². The van der Waals surface area contributed by atoms with Gasteiger partial charge in [-0.05, 0) is 49.9 Å². The van der Waals surface area contributed by atoms with Crippen molar-refractivity contribution in [2.75, 3.05) is 6.61 Å².